The lowest BCUT2D eigenvalue weighted by molar-refractivity contribution is -0.401. The van der Waals surface area contributed by atoms with Gasteiger partial charge in [-0.2, -0.15) is 4.58 Å². The molecule has 2 aromatic rings. The van der Waals surface area contributed by atoms with Gasteiger partial charge in [0.2, 0.25) is 5.69 Å². The van der Waals surface area contributed by atoms with Crippen molar-refractivity contribution in [3.05, 3.63) is 53.6 Å². The van der Waals surface area contributed by atoms with Crippen LogP contribution in [-0.4, -0.2) is 44.6 Å². The molecule has 160 valence electrons. The molecule has 1 heterocycles. The summed E-state index contributed by atoms with van der Waals surface area (Å²) in [5.74, 6) is 1.80. The number of benzene rings is 2. The summed E-state index contributed by atoms with van der Waals surface area (Å²) in [5.41, 5.74) is 6.05. The standard InChI is InChI=1S/C26H35N2O2/c1-8-26(4)22-18-21(29-6)14-15-23(22)27(5)25(26)16-12-19-11-13-20(17-24(19)30-7)28(9-2)10-3/h11-18H,8-10H2,1-7H3/q+1. The van der Waals surface area contributed by atoms with Crippen LogP contribution in [0, 0.1) is 0 Å². The van der Waals surface area contributed by atoms with Crippen molar-refractivity contribution >= 4 is 23.2 Å². The second kappa shape index (κ2) is 8.95. The molecule has 0 bridgehead atoms. The largest absolute Gasteiger partial charge is 0.497 e. The highest BCUT2D eigenvalue weighted by Crippen LogP contribution is 2.43. The summed E-state index contributed by atoms with van der Waals surface area (Å²) >= 11 is 0. The van der Waals surface area contributed by atoms with Gasteiger partial charge in [-0.3, -0.25) is 0 Å². The highest BCUT2D eigenvalue weighted by molar-refractivity contribution is 6.05. The highest BCUT2D eigenvalue weighted by atomic mass is 16.5. The van der Waals surface area contributed by atoms with Gasteiger partial charge in [0, 0.05) is 48.1 Å². The first-order valence-corrected chi connectivity index (χ1v) is 10.8. The van der Waals surface area contributed by atoms with Crippen molar-refractivity contribution in [3.63, 3.8) is 0 Å². The Morgan fingerprint density at radius 3 is 2.30 bits per heavy atom. The molecule has 0 aliphatic carbocycles. The Morgan fingerprint density at radius 1 is 0.967 bits per heavy atom. The molecule has 0 radical (unpaired) electrons. The summed E-state index contributed by atoms with van der Waals surface area (Å²) in [4.78, 5) is 2.33. The highest BCUT2D eigenvalue weighted by Gasteiger charge is 2.45. The van der Waals surface area contributed by atoms with E-state index in [1.54, 1.807) is 14.2 Å². The van der Waals surface area contributed by atoms with Gasteiger partial charge in [-0.05, 0) is 57.5 Å². The first-order chi connectivity index (χ1) is 14.4. The monoisotopic (exact) mass is 407 g/mol. The van der Waals surface area contributed by atoms with E-state index in [-0.39, 0.29) is 5.41 Å². The Bertz CT molecular complexity index is 973. The lowest BCUT2D eigenvalue weighted by Gasteiger charge is -2.22. The van der Waals surface area contributed by atoms with Crippen molar-refractivity contribution < 1.29 is 14.0 Å². The smallest absolute Gasteiger partial charge is 0.209 e. The van der Waals surface area contributed by atoms with Crippen LogP contribution >= 0.6 is 0 Å². The van der Waals surface area contributed by atoms with Gasteiger partial charge >= 0.3 is 0 Å². The molecule has 1 atom stereocenters. The normalized spacial score (nSPS) is 18.1. The van der Waals surface area contributed by atoms with Gasteiger partial charge in [0.15, 0.2) is 5.71 Å². The SMILES string of the molecule is CCN(CC)c1ccc(/C=C/C2=[N+](C)c3ccc(OC)cc3C2(C)CC)c(OC)c1. The molecule has 0 saturated heterocycles. The first-order valence-electron chi connectivity index (χ1n) is 10.8. The summed E-state index contributed by atoms with van der Waals surface area (Å²) in [7, 11) is 5.61. The fraction of sp³-hybridized carbons (Fsp3) is 0.423. The second-order valence-electron chi connectivity index (χ2n) is 7.94. The third-order valence-electron chi connectivity index (χ3n) is 6.56. The summed E-state index contributed by atoms with van der Waals surface area (Å²) in [6.07, 6.45) is 5.42. The van der Waals surface area contributed by atoms with E-state index in [0.29, 0.717) is 0 Å². The minimum absolute atomic E-state index is 0.0660. The molecule has 1 aliphatic heterocycles. The van der Waals surface area contributed by atoms with Crippen LogP contribution in [-0.2, 0) is 5.41 Å². The van der Waals surface area contributed by atoms with Crippen LogP contribution in [0.1, 0.15) is 45.2 Å². The lowest BCUT2D eigenvalue weighted by Crippen LogP contribution is -2.29. The Kier molecular flexibility index (Phi) is 6.55. The number of hydrogen-bond acceptors (Lipinski definition) is 3. The summed E-state index contributed by atoms with van der Waals surface area (Å²) in [5, 5.41) is 0. The fourth-order valence-corrected chi connectivity index (χ4v) is 4.47. The van der Waals surface area contributed by atoms with E-state index in [0.717, 1.165) is 36.6 Å². The van der Waals surface area contributed by atoms with Crippen LogP contribution in [0.25, 0.3) is 6.08 Å². The van der Waals surface area contributed by atoms with Crippen LogP contribution in [0.4, 0.5) is 11.4 Å². The van der Waals surface area contributed by atoms with Crippen LogP contribution in [0.3, 0.4) is 0 Å². The molecule has 4 nitrogen and oxygen atoms in total. The van der Waals surface area contributed by atoms with E-state index in [4.69, 9.17) is 9.47 Å². The molecule has 0 spiro atoms. The third kappa shape index (κ3) is 3.71. The number of allylic oxidation sites excluding steroid dienone is 1. The molecule has 0 amide bonds. The Balaban J connectivity index is 2.00. The number of methoxy groups -OCH3 is 2. The molecular formula is C26H35N2O2+. The average Bonchev–Trinajstić information content (AvgIpc) is 2.99. The van der Waals surface area contributed by atoms with Gasteiger partial charge in [-0.1, -0.05) is 6.92 Å². The minimum Gasteiger partial charge on any atom is -0.497 e. The number of fused-ring (bicyclic) bond motifs is 1. The van der Waals surface area contributed by atoms with Gasteiger partial charge < -0.3 is 14.4 Å². The molecule has 0 saturated carbocycles. The minimum atomic E-state index is -0.0660. The molecule has 1 unspecified atom stereocenters. The Hall–Kier alpha value is -2.75. The van der Waals surface area contributed by atoms with Gasteiger partial charge in [0.1, 0.15) is 18.5 Å². The van der Waals surface area contributed by atoms with Crippen molar-refractivity contribution in [1.29, 1.82) is 0 Å². The molecular weight excluding hydrogens is 372 g/mol. The lowest BCUT2D eigenvalue weighted by atomic mass is 9.77. The van der Waals surface area contributed by atoms with Crippen LogP contribution in [0.15, 0.2) is 42.5 Å². The zero-order valence-corrected chi connectivity index (χ0v) is 19.5. The molecule has 3 rings (SSSR count). The number of rotatable bonds is 8. The van der Waals surface area contributed by atoms with Crippen LogP contribution in [0.5, 0.6) is 11.5 Å². The van der Waals surface area contributed by atoms with Gasteiger partial charge in [-0.15, -0.1) is 0 Å². The van der Waals surface area contributed by atoms with E-state index in [1.165, 1.54) is 22.6 Å². The predicted octanol–water partition coefficient (Wildman–Crippen LogP) is 5.66. The van der Waals surface area contributed by atoms with Crippen molar-refractivity contribution in [1.82, 2.24) is 0 Å². The second-order valence-corrected chi connectivity index (χ2v) is 7.94. The van der Waals surface area contributed by atoms with Crippen LogP contribution in [0.2, 0.25) is 0 Å². The van der Waals surface area contributed by atoms with Gasteiger partial charge in [-0.25, -0.2) is 0 Å². The van der Waals surface area contributed by atoms with E-state index in [1.807, 2.05) is 6.07 Å². The van der Waals surface area contributed by atoms with E-state index >= 15 is 0 Å². The maximum atomic E-state index is 5.72. The third-order valence-corrected chi connectivity index (χ3v) is 6.56. The van der Waals surface area contributed by atoms with Gasteiger partial charge in [0.25, 0.3) is 0 Å². The molecule has 0 aromatic heterocycles. The number of nitrogens with zero attached hydrogens (tertiary/aromatic N) is 2. The molecule has 0 fully saturated rings. The number of anilines is 1. The summed E-state index contributed by atoms with van der Waals surface area (Å²) in [6, 6.07) is 12.8. The maximum Gasteiger partial charge on any atom is 0.209 e. The maximum absolute atomic E-state index is 5.72. The Labute approximate surface area is 181 Å². The van der Waals surface area contributed by atoms with Gasteiger partial charge in [0.05, 0.1) is 19.6 Å². The topological polar surface area (TPSA) is 24.7 Å². The number of hydrogen-bond donors (Lipinski definition) is 0. The fourth-order valence-electron chi connectivity index (χ4n) is 4.47. The zero-order chi connectivity index (χ0) is 21.9. The molecule has 4 heteroatoms. The van der Waals surface area contributed by atoms with Crippen molar-refractivity contribution in [2.24, 2.45) is 0 Å². The predicted molar refractivity (Wildman–Crippen MR) is 127 cm³/mol. The number of ether oxygens (including phenoxy) is 2. The van der Waals surface area contributed by atoms with Crippen LogP contribution < -0.4 is 14.4 Å². The Morgan fingerprint density at radius 2 is 1.70 bits per heavy atom. The molecule has 30 heavy (non-hydrogen) atoms. The van der Waals surface area contributed by atoms with Crippen molar-refractivity contribution in [3.8, 4) is 11.5 Å². The molecule has 1 aliphatic rings. The van der Waals surface area contributed by atoms with Crippen molar-refractivity contribution in [2.75, 3.05) is 39.3 Å². The quantitative estimate of drug-likeness (QED) is 0.528. The average molecular weight is 408 g/mol. The van der Waals surface area contributed by atoms with E-state index < -0.39 is 0 Å². The first kappa shape index (κ1) is 21.9. The van der Waals surface area contributed by atoms with E-state index in [9.17, 15) is 0 Å². The summed E-state index contributed by atoms with van der Waals surface area (Å²) in [6.45, 7) is 10.9. The molecule has 0 N–H and O–H groups in total. The zero-order valence-electron chi connectivity index (χ0n) is 19.5. The molecule has 2 aromatic carbocycles. The summed E-state index contributed by atoms with van der Waals surface area (Å²) < 4.78 is 13.5. The van der Waals surface area contributed by atoms with E-state index in [2.05, 4.69) is 86.7 Å². The van der Waals surface area contributed by atoms with Crippen molar-refractivity contribution in [2.45, 2.75) is 39.5 Å².